The number of ether oxygens (including phenoxy) is 2. The number of hydrogen-bond acceptors (Lipinski definition) is 6. The van der Waals surface area contributed by atoms with Crippen LogP contribution >= 0.6 is 0 Å². The molecule has 0 bridgehead atoms. The molecule has 1 unspecified atom stereocenters. The van der Waals surface area contributed by atoms with Crippen LogP contribution in [0.1, 0.15) is 135 Å². The summed E-state index contributed by atoms with van der Waals surface area (Å²) in [6.45, 7) is 7.33. The van der Waals surface area contributed by atoms with Crippen molar-refractivity contribution in [2.75, 3.05) is 26.3 Å². The molecule has 1 heterocycles. The highest BCUT2D eigenvalue weighted by Gasteiger charge is 2.20. The lowest BCUT2D eigenvalue weighted by Gasteiger charge is -2.16. The van der Waals surface area contributed by atoms with E-state index in [4.69, 9.17) is 15.2 Å². The van der Waals surface area contributed by atoms with Gasteiger partial charge in [0.1, 0.15) is 6.04 Å². The van der Waals surface area contributed by atoms with Gasteiger partial charge in [0.25, 0.3) is 0 Å². The molecule has 0 aliphatic carbocycles. The first-order chi connectivity index (χ1) is 22.0. The fourth-order valence-corrected chi connectivity index (χ4v) is 6.03. The van der Waals surface area contributed by atoms with E-state index < -0.39 is 6.04 Å². The highest BCUT2D eigenvalue weighted by molar-refractivity contribution is 5.85. The van der Waals surface area contributed by atoms with E-state index in [0.29, 0.717) is 19.6 Å². The first-order valence-electron chi connectivity index (χ1n) is 18.3. The average molecular weight is 628 g/mol. The standard InChI is InChI=1S/C38H65N3O4/c1-4-6-8-10-11-15-23-32(22-14-9-7-5-2)37(42)44-28-20-13-12-18-26-40-27-19-21-29-45-38(43)35(39)30-33-31-41(3)36-25-17-16-24-34(33)36/h16-17,24-25,31-32,35,40H,4-15,18-23,26-30,39H2,1-3H3/t32?,35-/m1/s1. The lowest BCUT2D eigenvalue weighted by atomic mass is 9.94. The number of carbonyl (C=O) groups excluding carboxylic acids is 2. The number of nitrogens with zero attached hydrogens (tertiary/aromatic N) is 1. The number of aromatic nitrogens is 1. The zero-order valence-electron chi connectivity index (χ0n) is 29.0. The fraction of sp³-hybridized carbons (Fsp3) is 0.737. The first kappa shape index (κ1) is 38.8. The van der Waals surface area contributed by atoms with E-state index in [2.05, 4.69) is 35.9 Å². The molecule has 3 N–H and O–H groups in total. The summed E-state index contributed by atoms with van der Waals surface area (Å²) in [5.41, 5.74) is 8.37. The maximum absolute atomic E-state index is 12.8. The van der Waals surface area contributed by atoms with E-state index in [-0.39, 0.29) is 17.9 Å². The molecule has 0 amide bonds. The minimum absolute atomic E-state index is 0.0409. The van der Waals surface area contributed by atoms with Crippen LogP contribution in [0, 0.1) is 5.92 Å². The van der Waals surface area contributed by atoms with Crippen molar-refractivity contribution in [1.82, 2.24) is 9.88 Å². The minimum Gasteiger partial charge on any atom is -0.465 e. The lowest BCUT2D eigenvalue weighted by molar-refractivity contribution is -0.149. The van der Waals surface area contributed by atoms with Crippen LogP contribution in [0.25, 0.3) is 10.9 Å². The zero-order chi connectivity index (χ0) is 32.5. The van der Waals surface area contributed by atoms with Gasteiger partial charge in [-0.1, -0.05) is 109 Å². The van der Waals surface area contributed by atoms with Crippen molar-refractivity contribution >= 4 is 22.8 Å². The summed E-state index contributed by atoms with van der Waals surface area (Å²) in [5, 5.41) is 4.62. The third-order valence-corrected chi connectivity index (χ3v) is 8.85. The second-order valence-corrected chi connectivity index (χ2v) is 12.9. The Hall–Kier alpha value is -2.38. The number of aryl methyl sites for hydroxylation is 1. The number of hydrogen-bond donors (Lipinski definition) is 2. The van der Waals surface area contributed by atoms with Gasteiger partial charge >= 0.3 is 11.9 Å². The summed E-state index contributed by atoms with van der Waals surface area (Å²) in [7, 11) is 2.01. The molecule has 0 spiro atoms. The van der Waals surface area contributed by atoms with Crippen molar-refractivity contribution in [3.63, 3.8) is 0 Å². The molecular formula is C38H65N3O4. The van der Waals surface area contributed by atoms with Crippen LogP contribution in [0.15, 0.2) is 30.5 Å². The van der Waals surface area contributed by atoms with Crippen LogP contribution in [-0.4, -0.2) is 48.9 Å². The van der Waals surface area contributed by atoms with Gasteiger partial charge in [0.05, 0.1) is 19.1 Å². The van der Waals surface area contributed by atoms with Gasteiger partial charge in [-0.25, -0.2) is 0 Å². The second-order valence-electron chi connectivity index (χ2n) is 12.9. The van der Waals surface area contributed by atoms with E-state index in [1.54, 1.807) is 0 Å². The summed E-state index contributed by atoms with van der Waals surface area (Å²) in [6, 6.07) is 7.50. The fourth-order valence-electron chi connectivity index (χ4n) is 6.03. The number of rotatable bonds is 28. The van der Waals surface area contributed by atoms with Crippen molar-refractivity contribution in [2.24, 2.45) is 18.7 Å². The number of benzene rings is 1. The Morgan fingerprint density at radius 3 is 1.98 bits per heavy atom. The summed E-state index contributed by atoms with van der Waals surface area (Å²) in [6.07, 6.45) is 23.0. The van der Waals surface area contributed by atoms with Gasteiger partial charge in [0.2, 0.25) is 0 Å². The molecule has 7 heteroatoms. The Bertz CT molecular complexity index is 1050. The van der Waals surface area contributed by atoms with Crippen molar-refractivity contribution in [2.45, 2.75) is 142 Å². The molecule has 1 aromatic heterocycles. The van der Waals surface area contributed by atoms with Crippen LogP contribution in [0.3, 0.4) is 0 Å². The average Bonchev–Trinajstić information content (AvgIpc) is 3.36. The molecule has 2 aromatic rings. The number of nitrogens with two attached hydrogens (primary N) is 1. The third kappa shape index (κ3) is 16.7. The van der Waals surface area contributed by atoms with Crippen molar-refractivity contribution in [3.05, 3.63) is 36.0 Å². The Labute approximate surface area is 274 Å². The van der Waals surface area contributed by atoms with E-state index >= 15 is 0 Å². The van der Waals surface area contributed by atoms with Crippen molar-refractivity contribution < 1.29 is 19.1 Å². The monoisotopic (exact) mass is 627 g/mol. The highest BCUT2D eigenvalue weighted by Crippen LogP contribution is 2.22. The third-order valence-electron chi connectivity index (χ3n) is 8.85. The lowest BCUT2D eigenvalue weighted by Crippen LogP contribution is -2.34. The quantitative estimate of drug-likeness (QED) is 0.0727. The van der Waals surface area contributed by atoms with Crippen LogP contribution in [-0.2, 0) is 32.5 Å². The van der Waals surface area contributed by atoms with Gasteiger partial charge in [-0.2, -0.15) is 0 Å². The van der Waals surface area contributed by atoms with E-state index in [0.717, 1.165) is 93.8 Å². The summed E-state index contributed by atoms with van der Waals surface area (Å²) < 4.78 is 13.2. The summed E-state index contributed by atoms with van der Waals surface area (Å²) >= 11 is 0. The molecule has 0 saturated heterocycles. The van der Waals surface area contributed by atoms with Crippen LogP contribution in [0.5, 0.6) is 0 Å². The molecule has 1 aromatic carbocycles. The van der Waals surface area contributed by atoms with E-state index in [1.165, 1.54) is 51.4 Å². The predicted molar refractivity (Wildman–Crippen MR) is 187 cm³/mol. The van der Waals surface area contributed by atoms with Gasteiger partial charge in [-0.15, -0.1) is 0 Å². The first-order valence-corrected chi connectivity index (χ1v) is 18.3. The zero-order valence-corrected chi connectivity index (χ0v) is 29.0. The maximum Gasteiger partial charge on any atom is 0.323 e. The molecule has 256 valence electrons. The number of carbonyl (C=O) groups is 2. The number of unbranched alkanes of at least 4 members (excludes halogenated alkanes) is 12. The molecule has 0 saturated carbocycles. The smallest absolute Gasteiger partial charge is 0.323 e. The largest absolute Gasteiger partial charge is 0.465 e. The number of para-hydroxylation sites is 1. The SMILES string of the molecule is CCCCCCCCC(CCCCCC)C(=O)OCCCCCCNCCCCOC(=O)[C@H](N)Cc1cn(C)c2ccccc12. The molecule has 0 fully saturated rings. The number of fused-ring (bicyclic) bond motifs is 1. The van der Waals surface area contributed by atoms with Gasteiger partial charge < -0.3 is 25.1 Å². The van der Waals surface area contributed by atoms with Crippen LogP contribution in [0.2, 0.25) is 0 Å². The Morgan fingerprint density at radius 1 is 0.733 bits per heavy atom. The van der Waals surface area contributed by atoms with Gasteiger partial charge in [-0.05, 0) is 63.2 Å². The minimum atomic E-state index is -0.653. The second kappa shape index (κ2) is 24.8. The molecule has 2 rings (SSSR count). The van der Waals surface area contributed by atoms with Crippen molar-refractivity contribution in [1.29, 1.82) is 0 Å². The van der Waals surface area contributed by atoms with E-state index in [1.807, 2.05) is 25.4 Å². The van der Waals surface area contributed by atoms with Crippen LogP contribution < -0.4 is 11.1 Å². The Balaban J connectivity index is 1.45. The van der Waals surface area contributed by atoms with E-state index in [9.17, 15) is 9.59 Å². The number of nitrogens with one attached hydrogen (secondary N) is 1. The topological polar surface area (TPSA) is 95.6 Å². The summed E-state index contributed by atoms with van der Waals surface area (Å²) in [4.78, 5) is 25.2. The van der Waals surface area contributed by atoms with Gasteiger partial charge in [-0.3, -0.25) is 9.59 Å². The molecule has 0 radical (unpaired) electrons. The molecule has 7 nitrogen and oxygen atoms in total. The van der Waals surface area contributed by atoms with Gasteiger partial charge in [0, 0.05) is 30.6 Å². The molecule has 0 aliphatic rings. The summed E-state index contributed by atoms with van der Waals surface area (Å²) in [5.74, 6) is -0.200. The molecule has 45 heavy (non-hydrogen) atoms. The Morgan fingerprint density at radius 2 is 1.27 bits per heavy atom. The highest BCUT2D eigenvalue weighted by atomic mass is 16.5. The Kier molecular flexibility index (Phi) is 21.4. The number of esters is 2. The van der Waals surface area contributed by atoms with Crippen molar-refractivity contribution in [3.8, 4) is 0 Å². The molecule has 0 aliphatic heterocycles. The maximum atomic E-state index is 12.8. The normalized spacial score (nSPS) is 12.8. The van der Waals surface area contributed by atoms with Gasteiger partial charge in [0.15, 0.2) is 0 Å². The molecule has 2 atom stereocenters. The van der Waals surface area contributed by atoms with Crippen LogP contribution in [0.4, 0.5) is 0 Å². The molecular weight excluding hydrogens is 562 g/mol. The predicted octanol–water partition coefficient (Wildman–Crippen LogP) is 8.40.